The Kier molecular flexibility index (Phi) is 6.69. The van der Waals surface area contributed by atoms with Crippen molar-refractivity contribution in [3.63, 3.8) is 0 Å². The molecule has 1 atom stereocenters. The van der Waals surface area contributed by atoms with E-state index >= 15 is 0 Å². The second-order valence-electron chi connectivity index (χ2n) is 8.74. The molecule has 0 aliphatic carbocycles. The largest absolute Gasteiger partial charge is 0.392 e. The number of piperidine rings is 1. The summed E-state index contributed by atoms with van der Waals surface area (Å²) in [6.45, 7) is 4.68. The summed E-state index contributed by atoms with van der Waals surface area (Å²) in [7, 11) is 1.86. The minimum absolute atomic E-state index is 0.163. The molecule has 0 bridgehead atoms. The molecule has 1 aliphatic rings. The zero-order chi connectivity index (χ0) is 24.5. The lowest BCUT2D eigenvalue weighted by Gasteiger charge is -2.29. The van der Waals surface area contributed by atoms with Gasteiger partial charge in [-0.2, -0.15) is 10.2 Å². The molecule has 5 rings (SSSR count). The van der Waals surface area contributed by atoms with Crippen molar-refractivity contribution in [3.8, 4) is 10.4 Å². The zero-order valence-electron chi connectivity index (χ0n) is 19.5. The van der Waals surface area contributed by atoms with E-state index in [1.165, 1.54) is 22.7 Å². The average Bonchev–Trinajstić information content (AvgIpc) is 3.58. The van der Waals surface area contributed by atoms with Crippen molar-refractivity contribution in [1.29, 1.82) is 0 Å². The molecule has 2 amide bonds. The van der Waals surface area contributed by atoms with E-state index in [-0.39, 0.29) is 17.9 Å². The smallest absolute Gasteiger partial charge is 0.261 e. The predicted molar refractivity (Wildman–Crippen MR) is 136 cm³/mol. The van der Waals surface area contributed by atoms with Gasteiger partial charge in [0.15, 0.2) is 0 Å². The fourth-order valence-electron chi connectivity index (χ4n) is 4.16. The zero-order valence-corrected chi connectivity index (χ0v) is 21.2. The van der Waals surface area contributed by atoms with Crippen molar-refractivity contribution in [2.45, 2.75) is 25.9 Å². The van der Waals surface area contributed by atoms with Crippen LogP contribution in [0, 0.1) is 6.92 Å². The number of nitrogens with one attached hydrogen (secondary N) is 2. The third-order valence-electron chi connectivity index (χ3n) is 5.99. The molecule has 12 heteroatoms. The van der Waals surface area contributed by atoms with Crippen LogP contribution < -0.4 is 10.6 Å². The number of thiophene rings is 1. The standard InChI is InChI=1S/C23H27N7O3S2/c1-14-8-18(21(33)24-5-7-29-6-3-4-16(31)12-29)34-22(14)27-20(32)17-10-26-30-13-19(35-23(17)30)15-9-25-28(2)11-15/h8-11,13,16,31H,3-7,12H2,1-2H3,(H,24,33)(H,27,32). The number of aliphatic hydroxyl groups is 1. The van der Waals surface area contributed by atoms with Crippen LogP contribution in [0.4, 0.5) is 5.00 Å². The summed E-state index contributed by atoms with van der Waals surface area (Å²) in [5.41, 5.74) is 2.28. The van der Waals surface area contributed by atoms with Crippen molar-refractivity contribution in [2.24, 2.45) is 7.05 Å². The number of aromatic nitrogens is 4. The van der Waals surface area contributed by atoms with Crippen LogP contribution in [-0.2, 0) is 7.05 Å². The van der Waals surface area contributed by atoms with Gasteiger partial charge in [-0.05, 0) is 37.9 Å². The quantitative estimate of drug-likeness (QED) is 0.350. The van der Waals surface area contributed by atoms with Gasteiger partial charge in [0.1, 0.15) is 4.83 Å². The SMILES string of the molecule is Cc1cc(C(=O)NCCN2CCCC(O)C2)sc1NC(=O)c1cnn2cc(-c3cnn(C)c3)sc12. The topological polar surface area (TPSA) is 117 Å². The number of fused-ring (bicyclic) bond motifs is 1. The number of carbonyl (C=O) groups is 2. The lowest BCUT2D eigenvalue weighted by Crippen LogP contribution is -2.42. The van der Waals surface area contributed by atoms with Gasteiger partial charge in [0.2, 0.25) is 0 Å². The van der Waals surface area contributed by atoms with E-state index in [4.69, 9.17) is 0 Å². The Morgan fingerprint density at radius 3 is 2.83 bits per heavy atom. The molecular weight excluding hydrogens is 486 g/mol. The molecule has 4 aromatic rings. The molecule has 0 aromatic carbocycles. The van der Waals surface area contributed by atoms with Crippen LogP contribution in [0.5, 0.6) is 0 Å². The number of carbonyl (C=O) groups excluding carboxylic acids is 2. The van der Waals surface area contributed by atoms with Crippen LogP contribution in [0.25, 0.3) is 15.3 Å². The van der Waals surface area contributed by atoms with Gasteiger partial charge in [-0.1, -0.05) is 0 Å². The highest BCUT2D eigenvalue weighted by Crippen LogP contribution is 2.32. The Morgan fingerprint density at radius 1 is 1.20 bits per heavy atom. The first-order valence-electron chi connectivity index (χ1n) is 11.4. The number of nitrogens with zero attached hydrogens (tertiary/aromatic N) is 5. The Bertz CT molecular complexity index is 1370. The van der Waals surface area contributed by atoms with Crippen molar-refractivity contribution in [2.75, 3.05) is 31.5 Å². The highest BCUT2D eigenvalue weighted by Gasteiger charge is 2.21. The van der Waals surface area contributed by atoms with Crippen LogP contribution in [0.2, 0.25) is 0 Å². The van der Waals surface area contributed by atoms with Crippen LogP contribution in [0.15, 0.2) is 30.9 Å². The monoisotopic (exact) mass is 513 g/mol. The second kappa shape index (κ2) is 9.90. The van der Waals surface area contributed by atoms with Crippen molar-refractivity contribution in [3.05, 3.63) is 46.9 Å². The van der Waals surface area contributed by atoms with E-state index in [9.17, 15) is 14.7 Å². The van der Waals surface area contributed by atoms with Crippen molar-refractivity contribution < 1.29 is 14.7 Å². The number of hydrogen-bond donors (Lipinski definition) is 3. The maximum atomic E-state index is 13.0. The van der Waals surface area contributed by atoms with Crippen molar-refractivity contribution >= 4 is 44.3 Å². The van der Waals surface area contributed by atoms with Gasteiger partial charge in [0.05, 0.1) is 38.8 Å². The first-order valence-corrected chi connectivity index (χ1v) is 13.1. The van der Waals surface area contributed by atoms with Gasteiger partial charge in [0.25, 0.3) is 11.8 Å². The Balaban J connectivity index is 1.22. The van der Waals surface area contributed by atoms with Gasteiger partial charge in [0, 0.05) is 44.6 Å². The van der Waals surface area contributed by atoms with Gasteiger partial charge in [-0.25, -0.2) is 4.52 Å². The molecule has 184 valence electrons. The molecule has 1 aliphatic heterocycles. The molecule has 1 saturated heterocycles. The fraction of sp³-hybridized carbons (Fsp3) is 0.391. The van der Waals surface area contributed by atoms with Gasteiger partial charge >= 0.3 is 0 Å². The maximum absolute atomic E-state index is 13.0. The summed E-state index contributed by atoms with van der Waals surface area (Å²) in [4.78, 5) is 30.1. The third kappa shape index (κ3) is 5.15. The number of hydrogen-bond acceptors (Lipinski definition) is 8. The first-order chi connectivity index (χ1) is 16.9. The van der Waals surface area contributed by atoms with Crippen LogP contribution in [-0.4, -0.2) is 73.5 Å². The highest BCUT2D eigenvalue weighted by molar-refractivity contribution is 7.21. The minimum Gasteiger partial charge on any atom is -0.392 e. The Morgan fingerprint density at radius 2 is 2.06 bits per heavy atom. The van der Waals surface area contributed by atoms with Crippen LogP contribution >= 0.6 is 22.7 Å². The van der Waals surface area contributed by atoms with E-state index in [0.717, 1.165) is 40.2 Å². The van der Waals surface area contributed by atoms with Crippen molar-refractivity contribution in [1.82, 2.24) is 29.6 Å². The summed E-state index contributed by atoms with van der Waals surface area (Å²) in [5.74, 6) is -0.427. The van der Waals surface area contributed by atoms with E-state index in [2.05, 4.69) is 25.7 Å². The summed E-state index contributed by atoms with van der Waals surface area (Å²) in [6.07, 6.45) is 8.68. The number of anilines is 1. The molecule has 0 radical (unpaired) electrons. The summed E-state index contributed by atoms with van der Waals surface area (Å²) >= 11 is 2.73. The number of thiazole rings is 1. The summed E-state index contributed by atoms with van der Waals surface area (Å²) < 4.78 is 3.43. The third-order valence-corrected chi connectivity index (χ3v) is 8.31. The lowest BCUT2D eigenvalue weighted by molar-refractivity contribution is 0.0703. The van der Waals surface area contributed by atoms with E-state index < -0.39 is 0 Å². The number of aryl methyl sites for hydroxylation is 2. The van der Waals surface area contributed by atoms with Crippen LogP contribution in [0.3, 0.4) is 0 Å². The molecule has 4 aromatic heterocycles. The molecule has 3 N–H and O–H groups in total. The second-order valence-corrected chi connectivity index (χ2v) is 10.8. The molecule has 1 fully saturated rings. The number of likely N-dealkylation sites (tertiary alicyclic amines) is 1. The molecule has 0 spiro atoms. The van der Waals surface area contributed by atoms with Gasteiger partial charge in [-0.3, -0.25) is 19.2 Å². The van der Waals surface area contributed by atoms with Crippen LogP contribution in [0.1, 0.15) is 38.4 Å². The number of rotatable bonds is 7. The number of β-amino-alcohol motifs (C(OH)–C–C–N with tert-alkyl or cyclic N) is 1. The molecule has 0 saturated carbocycles. The minimum atomic E-state index is -0.279. The Hall–Kier alpha value is -3.06. The summed E-state index contributed by atoms with van der Waals surface area (Å²) in [6, 6.07) is 1.79. The van der Waals surface area contributed by atoms with Gasteiger partial charge in [-0.15, -0.1) is 22.7 Å². The van der Waals surface area contributed by atoms with E-state index in [0.29, 0.717) is 35.1 Å². The Labute approximate surface area is 210 Å². The molecule has 5 heterocycles. The molecule has 1 unspecified atom stereocenters. The molecular formula is C23H27N7O3S2. The fourth-order valence-corrected chi connectivity index (χ4v) is 6.18. The maximum Gasteiger partial charge on any atom is 0.261 e. The normalized spacial score (nSPS) is 16.6. The highest BCUT2D eigenvalue weighted by atomic mass is 32.1. The predicted octanol–water partition coefficient (Wildman–Crippen LogP) is 2.61. The first kappa shape index (κ1) is 23.7. The van der Waals surface area contributed by atoms with E-state index in [1.807, 2.05) is 26.4 Å². The summed E-state index contributed by atoms with van der Waals surface area (Å²) in [5, 5.41) is 24.8. The molecule has 10 nitrogen and oxygen atoms in total. The number of amides is 2. The number of aliphatic hydroxyl groups excluding tert-OH is 1. The molecule has 35 heavy (non-hydrogen) atoms. The van der Waals surface area contributed by atoms with Gasteiger partial charge < -0.3 is 15.7 Å². The average molecular weight is 514 g/mol. The lowest BCUT2D eigenvalue weighted by atomic mass is 10.1. The van der Waals surface area contributed by atoms with E-state index in [1.54, 1.807) is 27.7 Å².